The van der Waals surface area contributed by atoms with Gasteiger partial charge in [0.2, 0.25) is 5.91 Å². The van der Waals surface area contributed by atoms with Gasteiger partial charge in [-0.05, 0) is 42.7 Å². The van der Waals surface area contributed by atoms with Crippen LogP contribution in [0, 0.1) is 11.6 Å². The lowest BCUT2D eigenvalue weighted by Crippen LogP contribution is -2.36. The van der Waals surface area contributed by atoms with Crippen LogP contribution in [0.15, 0.2) is 47.4 Å². The van der Waals surface area contributed by atoms with Crippen molar-refractivity contribution in [3.8, 4) is 0 Å². The summed E-state index contributed by atoms with van der Waals surface area (Å²) >= 11 is 1.57. The number of carbonyl (C=O) groups excluding carboxylic acids is 1. The minimum Gasteiger partial charge on any atom is -0.338 e. The molecule has 0 aromatic heterocycles. The highest BCUT2D eigenvalue weighted by molar-refractivity contribution is 8.01. The van der Waals surface area contributed by atoms with Crippen molar-refractivity contribution in [3.05, 3.63) is 65.2 Å². The van der Waals surface area contributed by atoms with Gasteiger partial charge in [-0.3, -0.25) is 4.79 Å². The zero-order valence-corrected chi connectivity index (χ0v) is 13.7. The van der Waals surface area contributed by atoms with Crippen molar-refractivity contribution in [2.24, 2.45) is 0 Å². The van der Waals surface area contributed by atoms with Gasteiger partial charge in [0.25, 0.3) is 0 Å². The number of thioether (sulfide) groups is 1. The van der Waals surface area contributed by atoms with Gasteiger partial charge in [-0.1, -0.05) is 24.3 Å². The Bertz CT molecular complexity index is 725. The molecular weight excluding hydrogens is 316 g/mol. The Morgan fingerprint density at radius 2 is 1.96 bits per heavy atom. The molecule has 1 aliphatic heterocycles. The lowest BCUT2D eigenvalue weighted by atomic mass is 10.1. The van der Waals surface area contributed by atoms with Crippen molar-refractivity contribution in [3.63, 3.8) is 0 Å². The van der Waals surface area contributed by atoms with E-state index >= 15 is 0 Å². The van der Waals surface area contributed by atoms with E-state index in [1.54, 1.807) is 23.7 Å². The molecule has 120 valence electrons. The van der Waals surface area contributed by atoms with Gasteiger partial charge in [0.15, 0.2) is 11.6 Å². The summed E-state index contributed by atoms with van der Waals surface area (Å²) in [4.78, 5) is 15.5. The molecule has 0 aliphatic carbocycles. The number of halogens is 2. The first-order valence-electron chi connectivity index (χ1n) is 7.43. The summed E-state index contributed by atoms with van der Waals surface area (Å²) in [5.74, 6) is -1.77. The molecule has 5 heteroatoms. The number of benzene rings is 2. The molecule has 0 saturated heterocycles. The molecule has 23 heavy (non-hydrogen) atoms. The van der Waals surface area contributed by atoms with Crippen molar-refractivity contribution >= 4 is 17.7 Å². The number of fused-ring (bicyclic) bond motifs is 1. The lowest BCUT2D eigenvalue weighted by molar-refractivity contribution is -0.131. The Balaban J connectivity index is 1.74. The Hall–Kier alpha value is -1.88. The number of rotatable bonds is 3. The Labute approximate surface area is 138 Å². The van der Waals surface area contributed by atoms with Crippen LogP contribution >= 0.6 is 11.8 Å². The van der Waals surface area contributed by atoms with Crippen molar-refractivity contribution in [1.29, 1.82) is 0 Å². The normalized spacial score (nSPS) is 17.7. The van der Waals surface area contributed by atoms with E-state index in [-0.39, 0.29) is 17.2 Å². The molecule has 2 aromatic carbocycles. The van der Waals surface area contributed by atoms with Gasteiger partial charge >= 0.3 is 0 Å². The molecule has 2 unspecified atom stereocenters. The maximum atomic E-state index is 13.4. The third-order valence-corrected chi connectivity index (χ3v) is 5.58. The topological polar surface area (TPSA) is 20.3 Å². The molecule has 0 bridgehead atoms. The summed E-state index contributed by atoms with van der Waals surface area (Å²) in [5.41, 5.74) is 1.77. The Morgan fingerprint density at radius 3 is 2.65 bits per heavy atom. The van der Waals surface area contributed by atoms with E-state index in [9.17, 15) is 13.6 Å². The molecule has 1 amide bonds. The predicted octanol–water partition coefficient (Wildman–Crippen LogP) is 4.20. The highest BCUT2D eigenvalue weighted by Gasteiger charge is 2.32. The van der Waals surface area contributed by atoms with Gasteiger partial charge in [-0.25, -0.2) is 8.78 Å². The second kappa shape index (κ2) is 6.32. The molecule has 2 nitrogen and oxygen atoms in total. The standard InChI is InChI=1S/C18H17F2NOS/c1-11(12-7-8-14(19)15(20)9-12)21(2)18(22)17-10-13-5-3-4-6-16(13)23-17/h3-9,11,17H,10H2,1-2H3. The van der Waals surface area contributed by atoms with Gasteiger partial charge in [0, 0.05) is 11.9 Å². The van der Waals surface area contributed by atoms with E-state index in [1.165, 1.54) is 11.6 Å². The molecule has 1 heterocycles. The molecule has 0 radical (unpaired) electrons. The van der Waals surface area contributed by atoms with Crippen molar-refractivity contribution in [2.75, 3.05) is 7.05 Å². The van der Waals surface area contributed by atoms with E-state index in [0.29, 0.717) is 12.0 Å². The van der Waals surface area contributed by atoms with E-state index < -0.39 is 11.6 Å². The average Bonchev–Trinajstić information content (AvgIpc) is 2.99. The van der Waals surface area contributed by atoms with Gasteiger partial charge in [0.05, 0.1) is 11.3 Å². The minimum atomic E-state index is -0.891. The average molecular weight is 333 g/mol. The van der Waals surface area contributed by atoms with Crippen LogP contribution in [0.2, 0.25) is 0 Å². The molecule has 3 rings (SSSR count). The van der Waals surface area contributed by atoms with Gasteiger partial charge in [-0.15, -0.1) is 11.8 Å². The van der Waals surface area contributed by atoms with E-state index in [2.05, 4.69) is 0 Å². The SMILES string of the molecule is CC(c1ccc(F)c(F)c1)N(C)C(=O)C1Cc2ccccc2S1. The van der Waals surface area contributed by atoms with Crippen LogP contribution in [0.5, 0.6) is 0 Å². The van der Waals surface area contributed by atoms with Gasteiger partial charge < -0.3 is 4.90 Å². The number of amides is 1. The van der Waals surface area contributed by atoms with E-state index in [0.717, 1.165) is 17.0 Å². The number of hydrogen-bond acceptors (Lipinski definition) is 2. The lowest BCUT2D eigenvalue weighted by Gasteiger charge is -2.27. The van der Waals surface area contributed by atoms with Crippen LogP contribution < -0.4 is 0 Å². The van der Waals surface area contributed by atoms with Gasteiger partial charge in [0.1, 0.15) is 0 Å². The largest absolute Gasteiger partial charge is 0.338 e. The molecule has 0 saturated carbocycles. The fourth-order valence-corrected chi connectivity index (χ4v) is 4.03. The molecule has 0 spiro atoms. The highest BCUT2D eigenvalue weighted by Crippen LogP contribution is 2.38. The summed E-state index contributed by atoms with van der Waals surface area (Å²) in [6.45, 7) is 1.82. The fraction of sp³-hybridized carbons (Fsp3) is 0.278. The second-order valence-corrected chi connectivity index (χ2v) is 6.96. The molecule has 2 aromatic rings. The third kappa shape index (κ3) is 3.11. The van der Waals surface area contributed by atoms with Crippen molar-refractivity contribution in [2.45, 2.75) is 29.5 Å². The van der Waals surface area contributed by atoms with Crippen molar-refractivity contribution < 1.29 is 13.6 Å². The molecule has 2 atom stereocenters. The Morgan fingerprint density at radius 1 is 1.22 bits per heavy atom. The maximum Gasteiger partial charge on any atom is 0.236 e. The van der Waals surface area contributed by atoms with Crippen LogP contribution in [0.3, 0.4) is 0 Å². The van der Waals surface area contributed by atoms with Gasteiger partial charge in [-0.2, -0.15) is 0 Å². The summed E-state index contributed by atoms with van der Waals surface area (Å²) in [5, 5.41) is -0.162. The smallest absolute Gasteiger partial charge is 0.236 e. The fourth-order valence-electron chi connectivity index (χ4n) is 2.73. The quantitative estimate of drug-likeness (QED) is 0.839. The number of hydrogen-bond donors (Lipinski definition) is 0. The van der Waals surface area contributed by atoms with Crippen LogP contribution in [0.25, 0.3) is 0 Å². The second-order valence-electron chi connectivity index (χ2n) is 5.72. The molecule has 1 aliphatic rings. The van der Waals surface area contributed by atoms with E-state index in [1.807, 2.05) is 31.2 Å². The molecule has 0 N–H and O–H groups in total. The first-order chi connectivity index (χ1) is 11.0. The predicted molar refractivity (Wildman–Crippen MR) is 87.3 cm³/mol. The van der Waals surface area contributed by atoms with Crippen LogP contribution in [0.1, 0.15) is 24.1 Å². The summed E-state index contributed by atoms with van der Waals surface area (Å²) in [6.07, 6.45) is 0.703. The van der Waals surface area contributed by atoms with Crippen molar-refractivity contribution in [1.82, 2.24) is 4.90 Å². The van der Waals surface area contributed by atoms with Crippen LogP contribution in [-0.4, -0.2) is 23.1 Å². The zero-order valence-electron chi connectivity index (χ0n) is 12.9. The minimum absolute atomic E-state index is 0.00318. The summed E-state index contributed by atoms with van der Waals surface area (Å²) in [7, 11) is 1.71. The first kappa shape index (κ1) is 16.0. The monoisotopic (exact) mass is 333 g/mol. The van der Waals surface area contributed by atoms with Crippen LogP contribution in [-0.2, 0) is 11.2 Å². The Kier molecular flexibility index (Phi) is 4.39. The molecule has 0 fully saturated rings. The van der Waals surface area contributed by atoms with Crippen LogP contribution in [0.4, 0.5) is 8.78 Å². The van der Waals surface area contributed by atoms with E-state index in [4.69, 9.17) is 0 Å². The first-order valence-corrected chi connectivity index (χ1v) is 8.31. The summed E-state index contributed by atoms with van der Waals surface area (Å²) < 4.78 is 26.5. The third-order valence-electron chi connectivity index (χ3n) is 4.28. The number of carbonyl (C=O) groups is 1. The zero-order chi connectivity index (χ0) is 16.6. The number of nitrogens with zero attached hydrogens (tertiary/aromatic N) is 1. The maximum absolute atomic E-state index is 13.4. The highest BCUT2D eigenvalue weighted by atomic mass is 32.2. The summed E-state index contributed by atoms with van der Waals surface area (Å²) in [6, 6.07) is 11.4. The molecular formula is C18H17F2NOS.